The van der Waals surface area contributed by atoms with Crippen LogP contribution in [-0.4, -0.2) is 13.2 Å². The lowest BCUT2D eigenvalue weighted by atomic mass is 10.2. The fraction of sp³-hybridized carbons (Fsp3) is 0.333. The van der Waals surface area contributed by atoms with Crippen molar-refractivity contribution in [1.82, 2.24) is 0 Å². The number of nitrogens with two attached hydrogens (primary N) is 1. The molecule has 0 radical (unpaired) electrons. The number of hydrogen-bond donors (Lipinski definition) is 1. The van der Waals surface area contributed by atoms with Gasteiger partial charge in [0.15, 0.2) is 0 Å². The van der Waals surface area contributed by atoms with Crippen molar-refractivity contribution in [3.63, 3.8) is 0 Å². The lowest BCUT2D eigenvalue weighted by Gasteiger charge is -2.04. The molecule has 1 atom stereocenters. The van der Waals surface area contributed by atoms with Crippen LogP contribution in [0.4, 0.5) is 0 Å². The third-order valence-electron chi connectivity index (χ3n) is 1.59. The Morgan fingerprint density at radius 1 is 1.36 bits per heavy atom. The largest absolute Gasteiger partial charge is 0.399 e. The van der Waals surface area contributed by atoms with Gasteiger partial charge in [-0.25, -0.2) is 0 Å². The first-order chi connectivity index (χ1) is 5.22. The Morgan fingerprint density at radius 3 is 2.73 bits per heavy atom. The quantitative estimate of drug-likeness (QED) is 0.614. The molecule has 0 aromatic rings. The van der Waals surface area contributed by atoms with Crippen molar-refractivity contribution in [3.8, 4) is 0 Å². The molecule has 1 rings (SSSR count). The number of methoxy groups -OCH3 is 1. The second-order valence-electron chi connectivity index (χ2n) is 2.61. The van der Waals surface area contributed by atoms with Crippen LogP contribution >= 0.6 is 0 Å². The summed E-state index contributed by atoms with van der Waals surface area (Å²) in [6.45, 7) is 2.02. The van der Waals surface area contributed by atoms with Crippen LogP contribution in [0.5, 0.6) is 0 Å². The summed E-state index contributed by atoms with van der Waals surface area (Å²) in [7, 11) is 1.67. The predicted molar refractivity (Wildman–Crippen MR) is 46.0 cm³/mol. The summed E-state index contributed by atoms with van der Waals surface area (Å²) in [5.74, 6) is 0. The first kappa shape index (κ1) is 8.08. The highest BCUT2D eigenvalue weighted by atomic mass is 16.5. The fourth-order valence-electron chi connectivity index (χ4n) is 0.972. The Morgan fingerprint density at radius 2 is 2.09 bits per heavy atom. The molecule has 0 bridgehead atoms. The molecule has 2 nitrogen and oxygen atoms in total. The van der Waals surface area contributed by atoms with Crippen LogP contribution in [0.2, 0.25) is 0 Å². The van der Waals surface area contributed by atoms with E-state index in [0.29, 0.717) is 0 Å². The van der Waals surface area contributed by atoms with E-state index in [-0.39, 0.29) is 6.10 Å². The Hall–Kier alpha value is -1.02. The first-order valence-electron chi connectivity index (χ1n) is 3.59. The summed E-state index contributed by atoms with van der Waals surface area (Å²) in [6.07, 6.45) is 7.78. The minimum Gasteiger partial charge on any atom is -0.399 e. The van der Waals surface area contributed by atoms with Crippen molar-refractivity contribution in [1.29, 1.82) is 0 Å². The molecule has 2 N–H and O–H groups in total. The second kappa shape index (κ2) is 3.39. The maximum absolute atomic E-state index is 5.62. The zero-order valence-corrected chi connectivity index (χ0v) is 6.87. The molecule has 0 saturated heterocycles. The van der Waals surface area contributed by atoms with Gasteiger partial charge in [-0.1, -0.05) is 11.6 Å². The van der Waals surface area contributed by atoms with E-state index in [2.05, 4.69) is 0 Å². The van der Waals surface area contributed by atoms with Crippen LogP contribution in [-0.2, 0) is 4.74 Å². The molecule has 0 amide bonds. The maximum atomic E-state index is 5.62. The van der Waals surface area contributed by atoms with Gasteiger partial charge in [0.1, 0.15) is 0 Å². The Balaban J connectivity index is 2.84. The number of rotatable bonds is 1. The molecule has 0 heterocycles. The van der Waals surface area contributed by atoms with E-state index in [1.807, 2.05) is 31.2 Å². The molecule has 0 fully saturated rings. The molecular formula is C9H13NO. The van der Waals surface area contributed by atoms with Gasteiger partial charge in [-0.2, -0.15) is 0 Å². The van der Waals surface area contributed by atoms with Crippen LogP contribution in [0.1, 0.15) is 6.92 Å². The van der Waals surface area contributed by atoms with E-state index in [9.17, 15) is 0 Å². The van der Waals surface area contributed by atoms with Gasteiger partial charge in [0.25, 0.3) is 0 Å². The maximum Gasteiger partial charge on any atom is 0.0961 e. The lowest BCUT2D eigenvalue weighted by Crippen LogP contribution is -2.05. The highest BCUT2D eigenvalue weighted by molar-refractivity contribution is 5.31. The molecule has 0 spiro atoms. The van der Waals surface area contributed by atoms with Crippen molar-refractivity contribution < 1.29 is 4.74 Å². The normalized spacial score (nSPS) is 24.0. The molecule has 2 heteroatoms. The fourth-order valence-corrected chi connectivity index (χ4v) is 0.972. The Bertz CT molecular complexity index is 204. The Kier molecular flexibility index (Phi) is 2.49. The topological polar surface area (TPSA) is 35.2 Å². The van der Waals surface area contributed by atoms with Crippen molar-refractivity contribution in [3.05, 3.63) is 35.6 Å². The molecule has 1 aliphatic rings. The average Bonchev–Trinajstić information content (AvgIpc) is 2.13. The van der Waals surface area contributed by atoms with Gasteiger partial charge >= 0.3 is 0 Å². The monoisotopic (exact) mass is 151 g/mol. The van der Waals surface area contributed by atoms with E-state index in [1.54, 1.807) is 7.11 Å². The third kappa shape index (κ3) is 2.24. The molecular weight excluding hydrogens is 138 g/mol. The van der Waals surface area contributed by atoms with Crippen molar-refractivity contribution in [2.75, 3.05) is 7.11 Å². The predicted octanol–water partition coefficient (Wildman–Crippen LogP) is 1.36. The summed E-state index contributed by atoms with van der Waals surface area (Å²) in [4.78, 5) is 0. The smallest absolute Gasteiger partial charge is 0.0961 e. The summed E-state index contributed by atoms with van der Waals surface area (Å²) < 4.78 is 5.14. The van der Waals surface area contributed by atoms with Crippen molar-refractivity contribution in [2.24, 2.45) is 5.73 Å². The zero-order chi connectivity index (χ0) is 8.27. The Labute approximate surface area is 67.0 Å². The summed E-state index contributed by atoms with van der Waals surface area (Å²) >= 11 is 0. The van der Waals surface area contributed by atoms with Gasteiger partial charge in [-0.05, 0) is 25.2 Å². The van der Waals surface area contributed by atoms with Gasteiger partial charge in [0, 0.05) is 12.8 Å². The number of allylic oxidation sites excluding steroid dienone is 3. The van der Waals surface area contributed by atoms with Gasteiger partial charge in [-0.15, -0.1) is 0 Å². The molecule has 0 aromatic heterocycles. The molecule has 0 aliphatic heterocycles. The van der Waals surface area contributed by atoms with E-state index in [4.69, 9.17) is 10.5 Å². The van der Waals surface area contributed by atoms with Crippen LogP contribution in [0, 0.1) is 0 Å². The summed E-state index contributed by atoms with van der Waals surface area (Å²) in [5, 5.41) is 0. The minimum absolute atomic E-state index is 0.0185. The number of hydrogen-bond acceptors (Lipinski definition) is 2. The van der Waals surface area contributed by atoms with Crippen LogP contribution in [0.15, 0.2) is 35.6 Å². The van der Waals surface area contributed by atoms with Gasteiger partial charge < -0.3 is 10.5 Å². The van der Waals surface area contributed by atoms with E-state index < -0.39 is 0 Å². The van der Waals surface area contributed by atoms with Gasteiger partial charge in [0.05, 0.1) is 6.10 Å². The molecule has 1 aliphatic carbocycles. The summed E-state index contributed by atoms with van der Waals surface area (Å²) in [6, 6.07) is 0. The SMILES string of the molecule is COC1C=C(C)C=CC(N)=C1. The van der Waals surface area contributed by atoms with E-state index >= 15 is 0 Å². The second-order valence-corrected chi connectivity index (χ2v) is 2.61. The van der Waals surface area contributed by atoms with Crippen molar-refractivity contribution >= 4 is 0 Å². The average molecular weight is 151 g/mol. The molecule has 1 unspecified atom stereocenters. The van der Waals surface area contributed by atoms with Gasteiger partial charge in [0.2, 0.25) is 0 Å². The molecule has 0 saturated carbocycles. The van der Waals surface area contributed by atoms with Crippen LogP contribution < -0.4 is 5.73 Å². The third-order valence-corrected chi connectivity index (χ3v) is 1.59. The molecule has 11 heavy (non-hydrogen) atoms. The summed E-state index contributed by atoms with van der Waals surface area (Å²) in [5.41, 5.74) is 7.55. The first-order valence-corrected chi connectivity index (χ1v) is 3.59. The standard InChI is InChI=1S/C9H13NO/c1-7-3-4-8(10)6-9(5-7)11-2/h3-6,9H,10H2,1-2H3. The van der Waals surface area contributed by atoms with E-state index in [1.165, 1.54) is 5.57 Å². The van der Waals surface area contributed by atoms with E-state index in [0.717, 1.165) is 5.70 Å². The van der Waals surface area contributed by atoms with Gasteiger partial charge in [-0.3, -0.25) is 0 Å². The highest BCUT2D eigenvalue weighted by Crippen LogP contribution is 2.09. The molecule has 0 aromatic carbocycles. The van der Waals surface area contributed by atoms with Crippen LogP contribution in [0.25, 0.3) is 0 Å². The highest BCUT2D eigenvalue weighted by Gasteiger charge is 2.02. The zero-order valence-electron chi connectivity index (χ0n) is 6.87. The number of ether oxygens (including phenoxy) is 1. The van der Waals surface area contributed by atoms with Crippen LogP contribution in [0.3, 0.4) is 0 Å². The molecule has 60 valence electrons. The lowest BCUT2D eigenvalue weighted by molar-refractivity contribution is 0.177. The van der Waals surface area contributed by atoms with Crippen molar-refractivity contribution in [2.45, 2.75) is 13.0 Å². The minimum atomic E-state index is 0.0185.